The Morgan fingerprint density at radius 1 is 1.06 bits per heavy atom. The summed E-state index contributed by atoms with van der Waals surface area (Å²) >= 11 is 0. The van der Waals surface area contributed by atoms with E-state index in [1.165, 1.54) is 5.56 Å². The van der Waals surface area contributed by atoms with Gasteiger partial charge < -0.3 is 0 Å². The first kappa shape index (κ1) is 12.4. The number of rotatable bonds is 1. The van der Waals surface area contributed by atoms with Crippen molar-refractivity contribution in [1.82, 2.24) is 0 Å². The molecule has 0 saturated heterocycles. The summed E-state index contributed by atoms with van der Waals surface area (Å²) in [5, 5.41) is 9.08. The van der Waals surface area contributed by atoms with Crippen molar-refractivity contribution in [3.63, 3.8) is 0 Å². The zero-order valence-corrected chi connectivity index (χ0v) is 11.0. The Balaban J connectivity index is 2.45. The van der Waals surface area contributed by atoms with Crippen LogP contribution in [0.4, 0.5) is 0 Å². The average molecular weight is 234 g/mol. The normalized spacial score (nSPS) is 11.0. The van der Waals surface area contributed by atoms with E-state index in [0.29, 0.717) is 5.56 Å². The first-order valence-electron chi connectivity index (χ1n) is 6.04. The number of nitrogens with zero attached hydrogens (tertiary/aromatic N) is 1. The van der Waals surface area contributed by atoms with Crippen molar-refractivity contribution in [2.45, 2.75) is 26.2 Å². The van der Waals surface area contributed by atoms with Crippen LogP contribution in [0, 0.1) is 17.4 Å². The molecule has 0 heterocycles. The maximum atomic E-state index is 9.08. The predicted molar refractivity (Wildman–Crippen MR) is 74.1 cm³/mol. The van der Waals surface area contributed by atoms with Gasteiger partial charge in [0.25, 0.3) is 0 Å². The third kappa shape index (κ3) is 2.43. The molecule has 1 heteroatoms. The SMILES string of the molecule is CC(C)(C)c1ccc(-c2ccc[c]c2C#N)cc1. The van der Waals surface area contributed by atoms with Crippen molar-refractivity contribution >= 4 is 0 Å². The molecule has 0 amide bonds. The quantitative estimate of drug-likeness (QED) is 0.720. The maximum absolute atomic E-state index is 9.08. The molecular formula is C17H16N. The van der Waals surface area contributed by atoms with Gasteiger partial charge in [-0.15, -0.1) is 0 Å². The Kier molecular flexibility index (Phi) is 3.21. The summed E-state index contributed by atoms with van der Waals surface area (Å²) in [7, 11) is 0. The highest BCUT2D eigenvalue weighted by molar-refractivity contribution is 5.70. The predicted octanol–water partition coefficient (Wildman–Crippen LogP) is 4.32. The molecule has 0 unspecified atom stereocenters. The highest BCUT2D eigenvalue weighted by Gasteiger charge is 2.13. The fourth-order valence-electron chi connectivity index (χ4n) is 1.92. The molecule has 2 aromatic rings. The summed E-state index contributed by atoms with van der Waals surface area (Å²) in [6.45, 7) is 6.58. The van der Waals surface area contributed by atoms with E-state index in [1.54, 1.807) is 6.07 Å². The molecule has 0 N–H and O–H groups in total. The van der Waals surface area contributed by atoms with Gasteiger partial charge in [0.1, 0.15) is 6.07 Å². The van der Waals surface area contributed by atoms with Crippen molar-refractivity contribution in [2.75, 3.05) is 0 Å². The van der Waals surface area contributed by atoms with Crippen LogP contribution >= 0.6 is 0 Å². The second-order valence-electron chi connectivity index (χ2n) is 5.40. The van der Waals surface area contributed by atoms with Crippen LogP contribution in [0.2, 0.25) is 0 Å². The number of nitriles is 1. The Labute approximate surface area is 109 Å². The second-order valence-corrected chi connectivity index (χ2v) is 5.40. The van der Waals surface area contributed by atoms with Gasteiger partial charge in [-0.1, -0.05) is 63.2 Å². The molecule has 0 spiro atoms. The Morgan fingerprint density at radius 2 is 1.72 bits per heavy atom. The van der Waals surface area contributed by atoms with Gasteiger partial charge in [-0.05, 0) is 16.5 Å². The molecule has 0 bridgehead atoms. The monoisotopic (exact) mass is 234 g/mol. The average Bonchev–Trinajstić information content (AvgIpc) is 2.38. The zero-order chi connectivity index (χ0) is 13.2. The number of hydrogen-bond donors (Lipinski definition) is 0. The summed E-state index contributed by atoms with van der Waals surface area (Å²) in [5.74, 6) is 0. The van der Waals surface area contributed by atoms with Crippen molar-refractivity contribution < 1.29 is 0 Å². The van der Waals surface area contributed by atoms with Crippen molar-refractivity contribution in [3.05, 3.63) is 59.7 Å². The fourth-order valence-corrected chi connectivity index (χ4v) is 1.92. The summed E-state index contributed by atoms with van der Waals surface area (Å²) in [4.78, 5) is 0. The van der Waals surface area contributed by atoms with Gasteiger partial charge in [0, 0.05) is 11.6 Å². The lowest BCUT2D eigenvalue weighted by molar-refractivity contribution is 0.590. The van der Waals surface area contributed by atoms with E-state index in [9.17, 15) is 0 Å². The van der Waals surface area contributed by atoms with E-state index in [4.69, 9.17) is 5.26 Å². The van der Waals surface area contributed by atoms with Gasteiger partial charge in [0.05, 0.1) is 5.56 Å². The molecule has 0 aliphatic heterocycles. The third-order valence-electron chi connectivity index (χ3n) is 3.03. The van der Waals surface area contributed by atoms with E-state index >= 15 is 0 Å². The summed E-state index contributed by atoms with van der Waals surface area (Å²) in [5.41, 5.74) is 4.06. The Hall–Kier alpha value is -2.07. The molecule has 0 atom stereocenters. The minimum Gasteiger partial charge on any atom is -0.192 e. The molecule has 1 radical (unpaired) electrons. The second kappa shape index (κ2) is 4.66. The van der Waals surface area contributed by atoms with Gasteiger partial charge >= 0.3 is 0 Å². The lowest BCUT2D eigenvalue weighted by Crippen LogP contribution is -2.10. The molecular weight excluding hydrogens is 218 g/mol. The van der Waals surface area contributed by atoms with Gasteiger partial charge in [0.15, 0.2) is 0 Å². The first-order chi connectivity index (χ1) is 8.52. The molecule has 2 rings (SSSR count). The van der Waals surface area contributed by atoms with E-state index in [2.05, 4.69) is 57.2 Å². The van der Waals surface area contributed by atoms with Gasteiger partial charge in [-0.2, -0.15) is 5.26 Å². The van der Waals surface area contributed by atoms with Gasteiger partial charge in [-0.3, -0.25) is 0 Å². The van der Waals surface area contributed by atoms with Crippen LogP contribution in [-0.2, 0) is 5.41 Å². The molecule has 0 aliphatic rings. The van der Waals surface area contributed by atoms with Crippen LogP contribution in [0.5, 0.6) is 0 Å². The molecule has 0 aromatic heterocycles. The summed E-state index contributed by atoms with van der Waals surface area (Å²) < 4.78 is 0. The standard InChI is InChI=1S/C17H16N/c1-17(2,3)15-10-8-13(9-11-15)16-7-5-4-6-14(16)12-18/h4-5,7-11H,1-3H3. The van der Waals surface area contributed by atoms with Gasteiger partial charge in [0.2, 0.25) is 0 Å². The summed E-state index contributed by atoms with van der Waals surface area (Å²) in [6, 6.07) is 19.2. The highest BCUT2D eigenvalue weighted by Crippen LogP contribution is 2.27. The first-order valence-corrected chi connectivity index (χ1v) is 6.04. The molecule has 89 valence electrons. The lowest BCUT2D eigenvalue weighted by Gasteiger charge is -2.19. The van der Waals surface area contributed by atoms with E-state index < -0.39 is 0 Å². The van der Waals surface area contributed by atoms with Crippen molar-refractivity contribution in [2.24, 2.45) is 0 Å². The van der Waals surface area contributed by atoms with Crippen LogP contribution < -0.4 is 0 Å². The molecule has 18 heavy (non-hydrogen) atoms. The van der Waals surface area contributed by atoms with E-state index in [-0.39, 0.29) is 5.41 Å². The fraction of sp³-hybridized carbons (Fsp3) is 0.235. The maximum Gasteiger partial charge on any atom is 0.100 e. The van der Waals surface area contributed by atoms with Crippen LogP contribution in [-0.4, -0.2) is 0 Å². The summed E-state index contributed by atoms with van der Waals surface area (Å²) in [6.07, 6.45) is 0. The molecule has 0 fully saturated rings. The topological polar surface area (TPSA) is 23.8 Å². The molecule has 0 saturated carbocycles. The number of hydrogen-bond acceptors (Lipinski definition) is 1. The molecule has 1 nitrogen and oxygen atoms in total. The van der Waals surface area contributed by atoms with Crippen LogP contribution in [0.1, 0.15) is 31.9 Å². The van der Waals surface area contributed by atoms with Crippen LogP contribution in [0.25, 0.3) is 11.1 Å². The highest BCUT2D eigenvalue weighted by atomic mass is 14.2. The lowest BCUT2D eigenvalue weighted by atomic mass is 9.86. The van der Waals surface area contributed by atoms with Gasteiger partial charge in [-0.25, -0.2) is 0 Å². The van der Waals surface area contributed by atoms with Crippen molar-refractivity contribution in [1.29, 1.82) is 5.26 Å². The minimum atomic E-state index is 0.152. The largest absolute Gasteiger partial charge is 0.192 e. The number of benzene rings is 2. The minimum absolute atomic E-state index is 0.152. The van der Waals surface area contributed by atoms with Crippen LogP contribution in [0.3, 0.4) is 0 Å². The smallest absolute Gasteiger partial charge is 0.100 e. The molecule has 2 aromatic carbocycles. The Bertz CT molecular complexity index is 580. The van der Waals surface area contributed by atoms with Crippen LogP contribution in [0.15, 0.2) is 42.5 Å². The third-order valence-corrected chi connectivity index (χ3v) is 3.03. The molecule has 0 aliphatic carbocycles. The van der Waals surface area contributed by atoms with E-state index in [1.807, 2.05) is 12.1 Å². The Morgan fingerprint density at radius 3 is 2.28 bits per heavy atom. The zero-order valence-electron chi connectivity index (χ0n) is 11.0. The van der Waals surface area contributed by atoms with E-state index in [0.717, 1.165) is 11.1 Å². The van der Waals surface area contributed by atoms with Crippen molar-refractivity contribution in [3.8, 4) is 17.2 Å².